The fourth-order valence-corrected chi connectivity index (χ4v) is 1.91. The van der Waals surface area contributed by atoms with Crippen molar-refractivity contribution in [3.8, 4) is 0 Å². The van der Waals surface area contributed by atoms with Gasteiger partial charge in [-0.25, -0.2) is 4.68 Å². The highest BCUT2D eigenvalue weighted by molar-refractivity contribution is 5.80. The van der Waals surface area contributed by atoms with Crippen molar-refractivity contribution in [2.24, 2.45) is 0 Å². The van der Waals surface area contributed by atoms with Crippen molar-refractivity contribution in [2.75, 3.05) is 6.54 Å². The van der Waals surface area contributed by atoms with Crippen LogP contribution in [0.5, 0.6) is 0 Å². The Bertz CT molecular complexity index is 400. The molecule has 1 unspecified atom stereocenters. The summed E-state index contributed by atoms with van der Waals surface area (Å²) in [4.78, 5) is 12.1. The maximum absolute atomic E-state index is 12.1. The summed E-state index contributed by atoms with van der Waals surface area (Å²) in [6.45, 7) is 9.76. The Morgan fingerprint density at radius 1 is 1.35 bits per heavy atom. The first-order valence-electron chi connectivity index (χ1n) is 7.54. The van der Waals surface area contributed by atoms with Crippen LogP contribution in [0.1, 0.15) is 58.7 Å². The summed E-state index contributed by atoms with van der Waals surface area (Å²) >= 11 is 0. The zero-order valence-corrected chi connectivity index (χ0v) is 13.0. The number of aromatic nitrogens is 3. The molecule has 0 aliphatic rings. The van der Waals surface area contributed by atoms with E-state index in [1.807, 2.05) is 13.1 Å². The number of nitrogens with one attached hydrogen (secondary N) is 2. The van der Waals surface area contributed by atoms with Gasteiger partial charge in [0.25, 0.3) is 0 Å². The van der Waals surface area contributed by atoms with Crippen molar-refractivity contribution in [2.45, 2.75) is 65.6 Å². The molecule has 1 amide bonds. The van der Waals surface area contributed by atoms with Crippen molar-refractivity contribution in [3.05, 3.63) is 11.9 Å². The molecule has 1 rings (SSSR count). The molecule has 0 saturated carbocycles. The summed E-state index contributed by atoms with van der Waals surface area (Å²) in [5, 5.41) is 14.4. The molecule has 0 bridgehead atoms. The van der Waals surface area contributed by atoms with E-state index in [0.717, 1.165) is 31.5 Å². The highest BCUT2D eigenvalue weighted by atomic mass is 16.2. The molecular formula is C14H27N5O. The molecule has 6 nitrogen and oxygen atoms in total. The zero-order chi connectivity index (χ0) is 15.0. The third kappa shape index (κ3) is 4.92. The lowest BCUT2D eigenvalue weighted by molar-refractivity contribution is -0.124. The first kappa shape index (κ1) is 16.6. The minimum Gasteiger partial charge on any atom is -0.352 e. The second-order valence-corrected chi connectivity index (χ2v) is 5.06. The predicted molar refractivity (Wildman–Crippen MR) is 79.2 cm³/mol. The Labute approximate surface area is 121 Å². The largest absolute Gasteiger partial charge is 0.352 e. The minimum absolute atomic E-state index is 0.00309. The topological polar surface area (TPSA) is 71.8 Å². The maximum Gasteiger partial charge on any atom is 0.244 e. The van der Waals surface area contributed by atoms with Crippen LogP contribution in [0.25, 0.3) is 0 Å². The van der Waals surface area contributed by atoms with Gasteiger partial charge in [0.05, 0.1) is 11.9 Å². The molecule has 0 saturated heterocycles. The van der Waals surface area contributed by atoms with Crippen LogP contribution >= 0.6 is 0 Å². The Morgan fingerprint density at radius 2 is 2.05 bits per heavy atom. The van der Waals surface area contributed by atoms with Gasteiger partial charge in [-0.05, 0) is 32.7 Å². The first-order chi connectivity index (χ1) is 9.62. The van der Waals surface area contributed by atoms with Gasteiger partial charge in [0.15, 0.2) is 0 Å². The van der Waals surface area contributed by atoms with Crippen LogP contribution in [0.2, 0.25) is 0 Å². The van der Waals surface area contributed by atoms with E-state index in [9.17, 15) is 4.79 Å². The second kappa shape index (κ2) is 8.68. The summed E-state index contributed by atoms with van der Waals surface area (Å²) in [7, 11) is 0. The molecule has 6 heteroatoms. The molecule has 0 aromatic carbocycles. The zero-order valence-electron chi connectivity index (χ0n) is 13.0. The smallest absolute Gasteiger partial charge is 0.244 e. The second-order valence-electron chi connectivity index (χ2n) is 5.06. The third-order valence-electron chi connectivity index (χ3n) is 3.40. The van der Waals surface area contributed by atoms with E-state index < -0.39 is 0 Å². The molecule has 0 aliphatic heterocycles. The monoisotopic (exact) mass is 281 g/mol. The molecule has 20 heavy (non-hydrogen) atoms. The Morgan fingerprint density at radius 3 is 2.65 bits per heavy atom. The van der Waals surface area contributed by atoms with E-state index >= 15 is 0 Å². The lowest BCUT2D eigenvalue weighted by Crippen LogP contribution is -2.38. The number of amides is 1. The fraction of sp³-hybridized carbons (Fsp3) is 0.786. The van der Waals surface area contributed by atoms with E-state index in [2.05, 4.69) is 41.7 Å². The van der Waals surface area contributed by atoms with Gasteiger partial charge < -0.3 is 10.6 Å². The van der Waals surface area contributed by atoms with Crippen molar-refractivity contribution in [1.82, 2.24) is 25.6 Å². The van der Waals surface area contributed by atoms with Gasteiger partial charge in [-0.15, -0.1) is 5.10 Å². The van der Waals surface area contributed by atoms with Crippen LogP contribution in [-0.4, -0.2) is 33.5 Å². The van der Waals surface area contributed by atoms with Gasteiger partial charge in [0.1, 0.15) is 6.04 Å². The lowest BCUT2D eigenvalue weighted by atomic mass is 10.1. The SMILES string of the molecule is CCCNCc1cn(C(C)C(=O)NC(CC)CC)nn1. The van der Waals surface area contributed by atoms with Gasteiger partial charge in [0, 0.05) is 12.6 Å². The van der Waals surface area contributed by atoms with Crippen molar-refractivity contribution < 1.29 is 4.79 Å². The lowest BCUT2D eigenvalue weighted by Gasteiger charge is -2.18. The summed E-state index contributed by atoms with van der Waals surface area (Å²) in [5.74, 6) is -0.00309. The molecule has 1 aromatic rings. The van der Waals surface area contributed by atoms with E-state index in [1.54, 1.807) is 4.68 Å². The number of carbonyl (C=O) groups is 1. The number of hydrogen-bond donors (Lipinski definition) is 2. The molecule has 1 heterocycles. The third-order valence-corrected chi connectivity index (χ3v) is 3.40. The van der Waals surface area contributed by atoms with E-state index in [-0.39, 0.29) is 18.0 Å². The molecule has 0 aliphatic carbocycles. The Balaban J connectivity index is 2.54. The van der Waals surface area contributed by atoms with E-state index in [0.29, 0.717) is 6.54 Å². The molecule has 1 aromatic heterocycles. The quantitative estimate of drug-likeness (QED) is 0.675. The van der Waals surface area contributed by atoms with Crippen LogP contribution in [0.15, 0.2) is 6.20 Å². The summed E-state index contributed by atoms with van der Waals surface area (Å²) in [6, 6.07) is -0.0952. The normalized spacial score (nSPS) is 12.7. The van der Waals surface area contributed by atoms with Crippen LogP contribution in [0.4, 0.5) is 0 Å². The van der Waals surface area contributed by atoms with Crippen molar-refractivity contribution >= 4 is 5.91 Å². The molecule has 0 spiro atoms. The molecule has 0 fully saturated rings. The maximum atomic E-state index is 12.1. The predicted octanol–water partition coefficient (Wildman–Crippen LogP) is 1.64. The van der Waals surface area contributed by atoms with E-state index in [4.69, 9.17) is 0 Å². The summed E-state index contributed by atoms with van der Waals surface area (Å²) < 4.78 is 1.63. The van der Waals surface area contributed by atoms with Gasteiger partial charge >= 0.3 is 0 Å². The van der Waals surface area contributed by atoms with Crippen LogP contribution < -0.4 is 10.6 Å². The average molecular weight is 281 g/mol. The molecule has 2 N–H and O–H groups in total. The summed E-state index contributed by atoms with van der Waals surface area (Å²) in [5.41, 5.74) is 0.862. The minimum atomic E-state index is -0.331. The Hall–Kier alpha value is -1.43. The molecular weight excluding hydrogens is 254 g/mol. The van der Waals surface area contributed by atoms with Crippen LogP contribution in [-0.2, 0) is 11.3 Å². The van der Waals surface area contributed by atoms with Gasteiger partial charge in [-0.1, -0.05) is 26.0 Å². The molecule has 0 radical (unpaired) electrons. The van der Waals surface area contributed by atoms with Gasteiger partial charge in [-0.2, -0.15) is 0 Å². The van der Waals surface area contributed by atoms with Gasteiger partial charge in [-0.3, -0.25) is 4.79 Å². The standard InChI is InChI=1S/C14H27N5O/c1-5-8-15-9-13-10-19(18-17-13)11(4)14(20)16-12(6-2)7-3/h10-12,15H,5-9H2,1-4H3,(H,16,20). The number of nitrogens with zero attached hydrogens (tertiary/aromatic N) is 3. The fourth-order valence-electron chi connectivity index (χ4n) is 1.91. The number of hydrogen-bond acceptors (Lipinski definition) is 4. The van der Waals surface area contributed by atoms with E-state index in [1.165, 1.54) is 0 Å². The average Bonchev–Trinajstić information content (AvgIpc) is 2.92. The molecule has 1 atom stereocenters. The van der Waals surface area contributed by atoms with Crippen LogP contribution in [0, 0.1) is 0 Å². The Kier molecular flexibility index (Phi) is 7.22. The number of carbonyl (C=O) groups excluding carboxylic acids is 1. The van der Waals surface area contributed by atoms with Gasteiger partial charge in [0.2, 0.25) is 5.91 Å². The highest BCUT2D eigenvalue weighted by Gasteiger charge is 2.18. The van der Waals surface area contributed by atoms with Crippen molar-refractivity contribution in [1.29, 1.82) is 0 Å². The van der Waals surface area contributed by atoms with Crippen LogP contribution in [0.3, 0.4) is 0 Å². The molecule has 114 valence electrons. The summed E-state index contributed by atoms with van der Waals surface area (Å²) in [6.07, 6.45) is 4.80. The highest BCUT2D eigenvalue weighted by Crippen LogP contribution is 2.07. The first-order valence-corrected chi connectivity index (χ1v) is 7.54. The number of rotatable bonds is 9. The van der Waals surface area contributed by atoms with Crippen molar-refractivity contribution in [3.63, 3.8) is 0 Å².